The van der Waals surface area contributed by atoms with Crippen molar-refractivity contribution in [3.05, 3.63) is 29.3 Å². The molecule has 0 bridgehead atoms. The summed E-state index contributed by atoms with van der Waals surface area (Å²) in [6, 6.07) is 7.13. The van der Waals surface area contributed by atoms with Crippen LogP contribution >= 0.6 is 0 Å². The lowest BCUT2D eigenvalue weighted by Crippen LogP contribution is -2.27. The van der Waals surface area contributed by atoms with E-state index in [-0.39, 0.29) is 0 Å². The zero-order valence-electron chi connectivity index (χ0n) is 11.7. The standard InChI is InChI=1S/C16H25NO/c1-13-8-9-16(14(2)12-13)18-11-5-10-17-15-6-3-4-7-15/h8-9,12,15,17H,3-7,10-11H2,1-2H3. The SMILES string of the molecule is Cc1ccc(OCCCNC2CCCC2)c(C)c1. The molecule has 2 rings (SSSR count). The van der Waals surface area contributed by atoms with Crippen LogP contribution in [-0.4, -0.2) is 19.2 Å². The van der Waals surface area contributed by atoms with Crippen molar-refractivity contribution >= 4 is 0 Å². The van der Waals surface area contributed by atoms with Gasteiger partial charge >= 0.3 is 0 Å². The monoisotopic (exact) mass is 247 g/mol. The summed E-state index contributed by atoms with van der Waals surface area (Å²) in [5.74, 6) is 1.03. The van der Waals surface area contributed by atoms with E-state index in [0.717, 1.165) is 31.4 Å². The molecule has 18 heavy (non-hydrogen) atoms. The van der Waals surface area contributed by atoms with Crippen LogP contribution in [0.2, 0.25) is 0 Å². The zero-order valence-corrected chi connectivity index (χ0v) is 11.7. The molecule has 0 unspecified atom stereocenters. The van der Waals surface area contributed by atoms with E-state index in [2.05, 4.69) is 37.4 Å². The Labute approximate surface area is 111 Å². The largest absolute Gasteiger partial charge is 0.493 e. The van der Waals surface area contributed by atoms with Gasteiger partial charge in [0.25, 0.3) is 0 Å². The number of hydrogen-bond donors (Lipinski definition) is 1. The Hall–Kier alpha value is -1.02. The van der Waals surface area contributed by atoms with E-state index in [0.29, 0.717) is 0 Å². The quantitative estimate of drug-likeness (QED) is 0.775. The molecule has 0 radical (unpaired) electrons. The van der Waals surface area contributed by atoms with Gasteiger partial charge < -0.3 is 10.1 Å². The molecule has 0 aliphatic heterocycles. The highest BCUT2D eigenvalue weighted by atomic mass is 16.5. The molecule has 0 amide bonds. The topological polar surface area (TPSA) is 21.3 Å². The minimum Gasteiger partial charge on any atom is -0.493 e. The van der Waals surface area contributed by atoms with E-state index in [1.165, 1.54) is 36.8 Å². The number of hydrogen-bond acceptors (Lipinski definition) is 2. The normalized spacial score (nSPS) is 16.1. The first kappa shape index (κ1) is 13.4. The second kappa shape index (κ2) is 6.79. The Kier molecular flexibility index (Phi) is 5.06. The molecule has 1 aromatic carbocycles. The molecule has 100 valence electrons. The molecule has 2 heteroatoms. The summed E-state index contributed by atoms with van der Waals surface area (Å²) in [5.41, 5.74) is 2.53. The van der Waals surface area contributed by atoms with Gasteiger partial charge in [-0.1, -0.05) is 30.5 Å². The summed E-state index contributed by atoms with van der Waals surface area (Å²) in [6.07, 6.45) is 6.60. The lowest BCUT2D eigenvalue weighted by Gasteiger charge is -2.13. The summed E-state index contributed by atoms with van der Waals surface area (Å²) < 4.78 is 5.82. The van der Waals surface area contributed by atoms with Gasteiger partial charge in [0.1, 0.15) is 5.75 Å². The van der Waals surface area contributed by atoms with E-state index in [4.69, 9.17) is 4.74 Å². The predicted octanol–water partition coefficient (Wildman–Crippen LogP) is 3.60. The van der Waals surface area contributed by atoms with Crippen LogP contribution in [0.4, 0.5) is 0 Å². The highest BCUT2D eigenvalue weighted by Gasteiger charge is 2.13. The fraction of sp³-hybridized carbons (Fsp3) is 0.625. The van der Waals surface area contributed by atoms with Crippen LogP contribution in [0.25, 0.3) is 0 Å². The molecule has 1 N–H and O–H groups in total. The van der Waals surface area contributed by atoms with E-state index < -0.39 is 0 Å². The molecule has 1 aliphatic carbocycles. The van der Waals surface area contributed by atoms with Gasteiger partial charge in [-0.15, -0.1) is 0 Å². The van der Waals surface area contributed by atoms with Gasteiger partial charge in [0.05, 0.1) is 6.61 Å². The van der Waals surface area contributed by atoms with Gasteiger partial charge in [-0.25, -0.2) is 0 Å². The Morgan fingerprint density at radius 3 is 2.72 bits per heavy atom. The van der Waals surface area contributed by atoms with Crippen molar-refractivity contribution in [2.45, 2.75) is 52.0 Å². The molecule has 0 heterocycles. The molecule has 0 atom stereocenters. The van der Waals surface area contributed by atoms with Crippen LogP contribution in [0, 0.1) is 13.8 Å². The van der Waals surface area contributed by atoms with Gasteiger partial charge in [-0.05, 0) is 51.3 Å². The summed E-state index contributed by atoms with van der Waals surface area (Å²) in [6.45, 7) is 6.11. The van der Waals surface area contributed by atoms with Gasteiger partial charge in [0.2, 0.25) is 0 Å². The number of benzene rings is 1. The fourth-order valence-corrected chi connectivity index (χ4v) is 2.65. The van der Waals surface area contributed by atoms with Crippen LogP contribution in [0.1, 0.15) is 43.2 Å². The molecule has 0 spiro atoms. The van der Waals surface area contributed by atoms with Crippen molar-refractivity contribution < 1.29 is 4.74 Å². The number of nitrogens with one attached hydrogen (secondary N) is 1. The van der Waals surface area contributed by atoms with Crippen molar-refractivity contribution in [3.8, 4) is 5.75 Å². The summed E-state index contributed by atoms with van der Waals surface area (Å²) in [4.78, 5) is 0. The minimum atomic E-state index is 0.770. The first-order valence-corrected chi connectivity index (χ1v) is 7.19. The number of aryl methyl sites for hydroxylation is 2. The Morgan fingerprint density at radius 1 is 1.22 bits per heavy atom. The molecular weight excluding hydrogens is 222 g/mol. The van der Waals surface area contributed by atoms with Crippen molar-refractivity contribution in [1.82, 2.24) is 5.32 Å². The molecule has 1 aromatic rings. The van der Waals surface area contributed by atoms with Crippen LogP contribution < -0.4 is 10.1 Å². The second-order valence-corrected chi connectivity index (χ2v) is 5.41. The number of ether oxygens (including phenoxy) is 1. The van der Waals surface area contributed by atoms with Crippen molar-refractivity contribution in [2.24, 2.45) is 0 Å². The van der Waals surface area contributed by atoms with Gasteiger partial charge in [-0.2, -0.15) is 0 Å². The Morgan fingerprint density at radius 2 is 2.00 bits per heavy atom. The molecule has 1 saturated carbocycles. The van der Waals surface area contributed by atoms with Crippen LogP contribution in [-0.2, 0) is 0 Å². The second-order valence-electron chi connectivity index (χ2n) is 5.41. The highest BCUT2D eigenvalue weighted by molar-refractivity contribution is 5.35. The summed E-state index contributed by atoms with van der Waals surface area (Å²) in [7, 11) is 0. The van der Waals surface area contributed by atoms with Crippen LogP contribution in [0.15, 0.2) is 18.2 Å². The average Bonchev–Trinajstić information content (AvgIpc) is 2.84. The minimum absolute atomic E-state index is 0.770. The molecule has 2 nitrogen and oxygen atoms in total. The summed E-state index contributed by atoms with van der Waals surface area (Å²) in [5, 5.41) is 3.61. The van der Waals surface area contributed by atoms with Gasteiger partial charge in [0.15, 0.2) is 0 Å². The maximum absolute atomic E-state index is 5.82. The van der Waals surface area contributed by atoms with E-state index in [1.807, 2.05) is 0 Å². The lowest BCUT2D eigenvalue weighted by atomic mass is 10.1. The van der Waals surface area contributed by atoms with Crippen molar-refractivity contribution in [1.29, 1.82) is 0 Å². The molecule has 1 aliphatic rings. The number of rotatable bonds is 6. The Balaban J connectivity index is 1.62. The van der Waals surface area contributed by atoms with E-state index >= 15 is 0 Å². The highest BCUT2D eigenvalue weighted by Crippen LogP contribution is 2.19. The van der Waals surface area contributed by atoms with Gasteiger partial charge in [0, 0.05) is 6.04 Å². The predicted molar refractivity (Wildman–Crippen MR) is 76.3 cm³/mol. The van der Waals surface area contributed by atoms with Crippen LogP contribution in [0.3, 0.4) is 0 Å². The van der Waals surface area contributed by atoms with Crippen LogP contribution in [0.5, 0.6) is 5.75 Å². The lowest BCUT2D eigenvalue weighted by molar-refractivity contribution is 0.303. The average molecular weight is 247 g/mol. The zero-order chi connectivity index (χ0) is 12.8. The van der Waals surface area contributed by atoms with E-state index in [1.54, 1.807) is 0 Å². The van der Waals surface area contributed by atoms with Crippen molar-refractivity contribution in [2.75, 3.05) is 13.2 Å². The summed E-state index contributed by atoms with van der Waals surface area (Å²) >= 11 is 0. The third-order valence-electron chi connectivity index (χ3n) is 3.70. The first-order chi connectivity index (χ1) is 8.75. The van der Waals surface area contributed by atoms with Gasteiger partial charge in [-0.3, -0.25) is 0 Å². The molecule has 0 aromatic heterocycles. The fourth-order valence-electron chi connectivity index (χ4n) is 2.65. The molecule has 1 fully saturated rings. The maximum Gasteiger partial charge on any atom is 0.122 e. The van der Waals surface area contributed by atoms with E-state index in [9.17, 15) is 0 Å². The third kappa shape index (κ3) is 4.02. The smallest absolute Gasteiger partial charge is 0.122 e. The first-order valence-electron chi connectivity index (χ1n) is 7.19. The molecular formula is C16H25NO. The Bertz CT molecular complexity index is 369. The third-order valence-corrected chi connectivity index (χ3v) is 3.70. The maximum atomic E-state index is 5.82. The molecule has 0 saturated heterocycles. The van der Waals surface area contributed by atoms with Crippen molar-refractivity contribution in [3.63, 3.8) is 0 Å².